The average molecular weight is 302 g/mol. The van der Waals surface area contributed by atoms with Crippen molar-refractivity contribution in [3.05, 3.63) is 28.8 Å². The van der Waals surface area contributed by atoms with Gasteiger partial charge in [-0.3, -0.25) is 0 Å². The second-order valence-corrected chi connectivity index (χ2v) is 5.45. The third-order valence-electron chi connectivity index (χ3n) is 3.69. The Bertz CT molecular complexity index is 660. The van der Waals surface area contributed by atoms with Crippen molar-refractivity contribution in [1.29, 1.82) is 0 Å². The van der Waals surface area contributed by atoms with Crippen molar-refractivity contribution in [3.8, 4) is 0 Å². The predicted octanol–water partition coefficient (Wildman–Crippen LogP) is 4.04. The molecule has 0 aromatic carbocycles. The molecule has 1 aliphatic carbocycles. The Kier molecular flexibility index (Phi) is 3.08. The summed E-state index contributed by atoms with van der Waals surface area (Å²) in [5, 5.41) is 0.715. The van der Waals surface area contributed by atoms with Gasteiger partial charge < -0.3 is 0 Å². The highest BCUT2D eigenvalue weighted by molar-refractivity contribution is 6.28. The molecular formula is C13H11ClF3N3. The first-order valence-electron chi connectivity index (χ1n) is 6.22. The van der Waals surface area contributed by atoms with E-state index >= 15 is 0 Å². The number of halogens is 4. The minimum atomic E-state index is -4.13. The van der Waals surface area contributed by atoms with Gasteiger partial charge in [0.15, 0.2) is 5.65 Å². The van der Waals surface area contributed by atoms with E-state index in [0.717, 1.165) is 5.69 Å². The molecular weight excluding hydrogens is 291 g/mol. The third kappa shape index (κ3) is 2.32. The highest BCUT2D eigenvalue weighted by Crippen LogP contribution is 2.50. The van der Waals surface area contributed by atoms with Crippen LogP contribution >= 0.6 is 11.6 Å². The first kappa shape index (κ1) is 13.5. The van der Waals surface area contributed by atoms with Crippen LogP contribution in [0.1, 0.15) is 30.1 Å². The standard InChI is InChI=1S/C13H11ClF3N3/c1-6-2-3-9-10(19-12(14)20-11(9)18-6)7-4-8(5-7)13(15,16)17/h2-3,7-8H,4-5H2,1H3/t7-,8-. The molecule has 2 aromatic rings. The molecule has 1 fully saturated rings. The molecule has 20 heavy (non-hydrogen) atoms. The van der Waals surface area contributed by atoms with E-state index in [2.05, 4.69) is 15.0 Å². The Labute approximate surface area is 118 Å². The normalized spacial score (nSPS) is 22.9. The molecule has 0 bridgehead atoms. The van der Waals surface area contributed by atoms with Gasteiger partial charge in [-0.2, -0.15) is 18.2 Å². The van der Waals surface area contributed by atoms with Gasteiger partial charge >= 0.3 is 6.18 Å². The monoisotopic (exact) mass is 301 g/mol. The molecule has 0 radical (unpaired) electrons. The molecule has 106 valence electrons. The lowest BCUT2D eigenvalue weighted by atomic mass is 9.72. The van der Waals surface area contributed by atoms with E-state index in [0.29, 0.717) is 16.7 Å². The van der Waals surface area contributed by atoms with E-state index in [4.69, 9.17) is 11.6 Å². The Morgan fingerprint density at radius 1 is 1.15 bits per heavy atom. The van der Waals surface area contributed by atoms with Gasteiger partial charge in [0.1, 0.15) is 0 Å². The molecule has 0 saturated heterocycles. The highest BCUT2D eigenvalue weighted by atomic mass is 35.5. The number of nitrogens with zero attached hydrogens (tertiary/aromatic N) is 3. The smallest absolute Gasteiger partial charge is 0.233 e. The maximum absolute atomic E-state index is 12.6. The van der Waals surface area contributed by atoms with E-state index in [1.165, 1.54) is 0 Å². The minimum absolute atomic E-state index is 0.0288. The molecule has 0 unspecified atom stereocenters. The minimum Gasteiger partial charge on any atom is -0.233 e. The Morgan fingerprint density at radius 3 is 2.50 bits per heavy atom. The molecule has 0 spiro atoms. The molecule has 7 heteroatoms. The maximum Gasteiger partial charge on any atom is 0.391 e. The molecule has 2 aromatic heterocycles. The van der Waals surface area contributed by atoms with Crippen LogP contribution in [0.2, 0.25) is 5.28 Å². The lowest BCUT2D eigenvalue weighted by Crippen LogP contribution is -2.34. The average Bonchev–Trinajstić information content (AvgIpc) is 2.23. The molecule has 3 rings (SSSR count). The fraction of sp³-hybridized carbons (Fsp3) is 0.462. The molecule has 0 aliphatic heterocycles. The van der Waals surface area contributed by atoms with Crippen LogP contribution in [0.15, 0.2) is 12.1 Å². The first-order chi connectivity index (χ1) is 9.34. The van der Waals surface area contributed by atoms with Crippen molar-refractivity contribution in [2.45, 2.75) is 31.9 Å². The Morgan fingerprint density at radius 2 is 1.85 bits per heavy atom. The van der Waals surface area contributed by atoms with Crippen molar-refractivity contribution >= 4 is 22.6 Å². The van der Waals surface area contributed by atoms with Crippen LogP contribution in [0.25, 0.3) is 11.0 Å². The van der Waals surface area contributed by atoms with E-state index in [9.17, 15) is 13.2 Å². The fourth-order valence-corrected chi connectivity index (χ4v) is 2.69. The van der Waals surface area contributed by atoms with Gasteiger partial charge in [0.2, 0.25) is 5.28 Å². The fourth-order valence-electron chi connectivity index (χ4n) is 2.52. The second-order valence-electron chi connectivity index (χ2n) is 5.11. The van der Waals surface area contributed by atoms with Crippen molar-refractivity contribution < 1.29 is 13.2 Å². The summed E-state index contributed by atoms with van der Waals surface area (Å²) in [6.07, 6.45) is -4.02. The Hall–Kier alpha value is -1.43. The van der Waals surface area contributed by atoms with Crippen LogP contribution in [0, 0.1) is 12.8 Å². The zero-order valence-corrected chi connectivity index (χ0v) is 11.3. The maximum atomic E-state index is 12.6. The highest BCUT2D eigenvalue weighted by Gasteiger charge is 2.49. The second kappa shape index (κ2) is 4.55. The van der Waals surface area contributed by atoms with Crippen molar-refractivity contribution in [3.63, 3.8) is 0 Å². The lowest BCUT2D eigenvalue weighted by Gasteiger charge is -2.36. The SMILES string of the molecule is Cc1ccc2c(n1)nc(Cl)nc2[C@H]1C[C@H](C(F)(F)F)C1. The first-order valence-corrected chi connectivity index (χ1v) is 6.60. The van der Waals surface area contributed by atoms with Crippen molar-refractivity contribution in [2.75, 3.05) is 0 Å². The predicted molar refractivity (Wildman–Crippen MR) is 68.6 cm³/mol. The van der Waals surface area contributed by atoms with Gasteiger partial charge in [0.05, 0.1) is 11.6 Å². The molecule has 0 amide bonds. The quantitative estimate of drug-likeness (QED) is 0.746. The van der Waals surface area contributed by atoms with Crippen LogP contribution in [0.4, 0.5) is 13.2 Å². The van der Waals surface area contributed by atoms with Crippen LogP contribution in [-0.4, -0.2) is 21.1 Å². The number of aryl methyl sites for hydroxylation is 1. The van der Waals surface area contributed by atoms with Crippen molar-refractivity contribution in [1.82, 2.24) is 15.0 Å². The lowest BCUT2D eigenvalue weighted by molar-refractivity contribution is -0.197. The van der Waals surface area contributed by atoms with E-state index in [1.807, 2.05) is 6.92 Å². The number of aromatic nitrogens is 3. The summed E-state index contributed by atoms with van der Waals surface area (Å²) in [7, 11) is 0. The number of pyridine rings is 1. The zero-order valence-electron chi connectivity index (χ0n) is 10.6. The zero-order chi connectivity index (χ0) is 14.5. The van der Waals surface area contributed by atoms with Crippen LogP contribution in [-0.2, 0) is 0 Å². The largest absolute Gasteiger partial charge is 0.391 e. The summed E-state index contributed by atoms with van der Waals surface area (Å²) in [5.41, 5.74) is 1.79. The third-order valence-corrected chi connectivity index (χ3v) is 3.86. The van der Waals surface area contributed by atoms with Gasteiger partial charge in [-0.25, -0.2) is 9.97 Å². The number of fused-ring (bicyclic) bond motifs is 1. The topological polar surface area (TPSA) is 38.7 Å². The van der Waals surface area contributed by atoms with Gasteiger partial charge in [0, 0.05) is 17.0 Å². The molecule has 1 aliphatic rings. The molecule has 3 nitrogen and oxygen atoms in total. The van der Waals surface area contributed by atoms with Gasteiger partial charge in [0.25, 0.3) is 0 Å². The Balaban J connectivity index is 1.97. The molecule has 1 saturated carbocycles. The van der Waals surface area contributed by atoms with Crippen LogP contribution < -0.4 is 0 Å². The summed E-state index contributed by atoms with van der Waals surface area (Å²) in [5.74, 6) is -1.47. The number of hydrogen-bond acceptors (Lipinski definition) is 3. The number of hydrogen-bond donors (Lipinski definition) is 0. The van der Waals surface area contributed by atoms with Crippen LogP contribution in [0.5, 0.6) is 0 Å². The summed E-state index contributed by atoms with van der Waals surface area (Å²) in [4.78, 5) is 12.4. The number of rotatable bonds is 1. The van der Waals surface area contributed by atoms with E-state index in [1.54, 1.807) is 12.1 Å². The summed E-state index contributed by atoms with van der Waals surface area (Å²) >= 11 is 5.84. The summed E-state index contributed by atoms with van der Waals surface area (Å²) < 4.78 is 37.7. The van der Waals surface area contributed by atoms with E-state index in [-0.39, 0.29) is 24.0 Å². The van der Waals surface area contributed by atoms with Gasteiger partial charge in [-0.05, 0) is 43.5 Å². The van der Waals surface area contributed by atoms with Gasteiger partial charge in [-0.1, -0.05) is 0 Å². The van der Waals surface area contributed by atoms with Crippen LogP contribution in [0.3, 0.4) is 0 Å². The van der Waals surface area contributed by atoms with E-state index < -0.39 is 12.1 Å². The van der Waals surface area contributed by atoms with Gasteiger partial charge in [-0.15, -0.1) is 0 Å². The van der Waals surface area contributed by atoms with Crippen molar-refractivity contribution in [2.24, 2.45) is 5.92 Å². The summed E-state index contributed by atoms with van der Waals surface area (Å²) in [6.45, 7) is 1.82. The number of alkyl halides is 3. The molecule has 0 N–H and O–H groups in total. The molecule has 2 heterocycles. The molecule has 0 atom stereocenters. The summed E-state index contributed by atoms with van der Waals surface area (Å²) in [6, 6.07) is 3.59.